The highest BCUT2D eigenvalue weighted by Gasteiger charge is 2.19. The molecule has 1 fully saturated rings. The summed E-state index contributed by atoms with van der Waals surface area (Å²) in [6.07, 6.45) is 5.50. The molecular formula is C19H23NO4. The Balaban J connectivity index is 1.62. The third-order valence-electron chi connectivity index (χ3n) is 4.46. The fourth-order valence-corrected chi connectivity index (χ4v) is 2.98. The van der Waals surface area contributed by atoms with E-state index in [1.165, 1.54) is 6.42 Å². The molecule has 1 aliphatic carbocycles. The summed E-state index contributed by atoms with van der Waals surface area (Å²) in [4.78, 5) is 12.3. The first kappa shape index (κ1) is 16.6. The predicted molar refractivity (Wildman–Crippen MR) is 89.0 cm³/mol. The van der Waals surface area contributed by atoms with Gasteiger partial charge in [-0.2, -0.15) is 0 Å². The summed E-state index contributed by atoms with van der Waals surface area (Å²) >= 11 is 0. The number of hydrogen-bond donors (Lipinski definition) is 0. The summed E-state index contributed by atoms with van der Waals surface area (Å²) in [6, 6.07) is 7.12. The summed E-state index contributed by atoms with van der Waals surface area (Å²) in [5.41, 5.74) is 2.28. The van der Waals surface area contributed by atoms with Gasteiger partial charge in [-0.3, -0.25) is 0 Å². The first-order valence-corrected chi connectivity index (χ1v) is 8.49. The first-order chi connectivity index (χ1) is 11.6. The van der Waals surface area contributed by atoms with Crippen molar-refractivity contribution in [1.29, 1.82) is 0 Å². The molecule has 0 aliphatic heterocycles. The van der Waals surface area contributed by atoms with Gasteiger partial charge in [0, 0.05) is 0 Å². The summed E-state index contributed by atoms with van der Waals surface area (Å²) in [6.45, 7) is 4.10. The van der Waals surface area contributed by atoms with Crippen molar-refractivity contribution in [2.45, 2.75) is 58.7 Å². The minimum Gasteiger partial charge on any atom is -0.489 e. The van der Waals surface area contributed by atoms with Crippen molar-refractivity contribution in [3.63, 3.8) is 0 Å². The monoisotopic (exact) mass is 329 g/mol. The number of carbonyl (C=O) groups is 1. The molecule has 0 amide bonds. The maximum Gasteiger partial charge on any atom is 0.338 e. The highest BCUT2D eigenvalue weighted by molar-refractivity contribution is 5.90. The largest absolute Gasteiger partial charge is 0.489 e. The molecular weight excluding hydrogens is 306 g/mol. The van der Waals surface area contributed by atoms with Gasteiger partial charge in [0.25, 0.3) is 0 Å². The van der Waals surface area contributed by atoms with Crippen LogP contribution in [0.2, 0.25) is 0 Å². The lowest BCUT2D eigenvalue weighted by Gasteiger charge is -2.21. The minimum atomic E-state index is -0.273. The SMILES string of the molecule is Cc1noc(C)c1COc1cccc(C(=O)OC2CCCCC2)c1. The summed E-state index contributed by atoms with van der Waals surface area (Å²) in [5, 5.41) is 3.91. The quantitative estimate of drug-likeness (QED) is 0.763. The van der Waals surface area contributed by atoms with Crippen molar-refractivity contribution in [2.75, 3.05) is 0 Å². The van der Waals surface area contributed by atoms with Gasteiger partial charge in [-0.15, -0.1) is 0 Å². The Morgan fingerprint density at radius 2 is 2.04 bits per heavy atom. The van der Waals surface area contributed by atoms with E-state index >= 15 is 0 Å². The van der Waals surface area contributed by atoms with Gasteiger partial charge >= 0.3 is 5.97 Å². The molecule has 1 aromatic carbocycles. The van der Waals surface area contributed by atoms with E-state index in [1.54, 1.807) is 18.2 Å². The molecule has 3 rings (SSSR count). The number of ether oxygens (including phenoxy) is 2. The molecule has 0 bridgehead atoms. The molecule has 1 saturated carbocycles. The van der Waals surface area contributed by atoms with Crippen molar-refractivity contribution < 1.29 is 18.8 Å². The Labute approximate surface area is 141 Å². The molecule has 5 nitrogen and oxygen atoms in total. The van der Waals surface area contributed by atoms with Crippen LogP contribution in [0.25, 0.3) is 0 Å². The number of benzene rings is 1. The van der Waals surface area contributed by atoms with Gasteiger partial charge in [0.15, 0.2) is 0 Å². The van der Waals surface area contributed by atoms with Crippen LogP contribution in [0.3, 0.4) is 0 Å². The van der Waals surface area contributed by atoms with E-state index in [0.717, 1.165) is 42.7 Å². The van der Waals surface area contributed by atoms with Gasteiger partial charge in [-0.25, -0.2) is 4.79 Å². The van der Waals surface area contributed by atoms with Crippen molar-refractivity contribution in [2.24, 2.45) is 0 Å². The Morgan fingerprint density at radius 3 is 2.75 bits per heavy atom. The van der Waals surface area contributed by atoms with Gasteiger partial charge < -0.3 is 14.0 Å². The van der Waals surface area contributed by atoms with Crippen LogP contribution in [0.5, 0.6) is 5.75 Å². The molecule has 0 atom stereocenters. The lowest BCUT2D eigenvalue weighted by molar-refractivity contribution is 0.0210. The number of nitrogens with zero attached hydrogens (tertiary/aromatic N) is 1. The second-order valence-electron chi connectivity index (χ2n) is 6.28. The van der Waals surface area contributed by atoms with E-state index in [0.29, 0.717) is 17.9 Å². The van der Waals surface area contributed by atoms with Crippen LogP contribution in [0.4, 0.5) is 0 Å². The highest BCUT2D eigenvalue weighted by atomic mass is 16.5. The molecule has 128 valence electrons. The molecule has 24 heavy (non-hydrogen) atoms. The van der Waals surface area contributed by atoms with Crippen molar-refractivity contribution in [3.05, 3.63) is 46.8 Å². The normalized spacial score (nSPS) is 15.2. The van der Waals surface area contributed by atoms with E-state index in [9.17, 15) is 4.79 Å². The second kappa shape index (κ2) is 7.51. The smallest absolute Gasteiger partial charge is 0.338 e. The second-order valence-corrected chi connectivity index (χ2v) is 6.28. The number of hydrogen-bond acceptors (Lipinski definition) is 5. The minimum absolute atomic E-state index is 0.0538. The van der Waals surface area contributed by atoms with E-state index in [-0.39, 0.29) is 12.1 Å². The average molecular weight is 329 g/mol. The fraction of sp³-hybridized carbons (Fsp3) is 0.474. The number of esters is 1. The molecule has 1 aromatic heterocycles. The number of aromatic nitrogens is 1. The molecule has 1 aliphatic rings. The topological polar surface area (TPSA) is 61.6 Å². The van der Waals surface area contributed by atoms with Gasteiger partial charge in [0.1, 0.15) is 24.2 Å². The molecule has 0 unspecified atom stereocenters. The molecule has 2 aromatic rings. The Morgan fingerprint density at radius 1 is 1.25 bits per heavy atom. The fourth-order valence-electron chi connectivity index (χ4n) is 2.98. The number of aryl methyl sites for hydroxylation is 2. The van der Waals surface area contributed by atoms with Crippen molar-refractivity contribution >= 4 is 5.97 Å². The van der Waals surface area contributed by atoms with Crippen LogP contribution in [0, 0.1) is 13.8 Å². The van der Waals surface area contributed by atoms with Crippen molar-refractivity contribution in [3.8, 4) is 5.75 Å². The predicted octanol–water partition coefficient (Wildman–Crippen LogP) is 4.36. The van der Waals surface area contributed by atoms with Gasteiger partial charge in [-0.1, -0.05) is 17.6 Å². The van der Waals surface area contributed by atoms with Crippen LogP contribution < -0.4 is 4.74 Å². The lowest BCUT2D eigenvalue weighted by atomic mass is 9.98. The highest BCUT2D eigenvalue weighted by Crippen LogP contribution is 2.23. The zero-order valence-corrected chi connectivity index (χ0v) is 14.2. The molecule has 0 saturated heterocycles. The van der Waals surface area contributed by atoms with Crippen LogP contribution in [0.15, 0.2) is 28.8 Å². The molecule has 0 radical (unpaired) electrons. The van der Waals surface area contributed by atoms with Gasteiger partial charge in [0.2, 0.25) is 0 Å². The first-order valence-electron chi connectivity index (χ1n) is 8.49. The Bertz CT molecular complexity index is 682. The van der Waals surface area contributed by atoms with Gasteiger partial charge in [0.05, 0.1) is 16.8 Å². The number of carbonyl (C=O) groups excluding carboxylic acids is 1. The summed E-state index contributed by atoms with van der Waals surface area (Å²) in [7, 11) is 0. The van der Waals surface area contributed by atoms with Crippen molar-refractivity contribution in [1.82, 2.24) is 5.16 Å². The lowest BCUT2D eigenvalue weighted by Crippen LogP contribution is -2.20. The zero-order chi connectivity index (χ0) is 16.9. The number of rotatable bonds is 5. The van der Waals surface area contributed by atoms with Crippen LogP contribution >= 0.6 is 0 Å². The molecule has 0 spiro atoms. The molecule has 0 N–H and O–H groups in total. The average Bonchev–Trinajstić information content (AvgIpc) is 2.92. The van der Waals surface area contributed by atoms with Gasteiger partial charge in [-0.05, 0) is 57.7 Å². The van der Waals surface area contributed by atoms with E-state index in [2.05, 4.69) is 5.16 Å². The third kappa shape index (κ3) is 3.96. The summed E-state index contributed by atoms with van der Waals surface area (Å²) < 4.78 is 16.5. The zero-order valence-electron chi connectivity index (χ0n) is 14.2. The standard InChI is InChI=1S/C19H23NO4/c1-13-18(14(2)24-20-13)12-22-17-10-6-7-15(11-17)19(21)23-16-8-4-3-5-9-16/h6-7,10-11,16H,3-5,8-9,12H2,1-2H3. The maximum atomic E-state index is 12.3. The molecule has 5 heteroatoms. The van der Waals surface area contributed by atoms with Crippen LogP contribution in [-0.4, -0.2) is 17.2 Å². The van der Waals surface area contributed by atoms with Crippen LogP contribution in [0.1, 0.15) is 59.5 Å². The third-order valence-corrected chi connectivity index (χ3v) is 4.46. The van der Waals surface area contributed by atoms with E-state index in [1.807, 2.05) is 19.9 Å². The maximum absolute atomic E-state index is 12.3. The molecule has 1 heterocycles. The van der Waals surface area contributed by atoms with Crippen LogP contribution in [-0.2, 0) is 11.3 Å². The summed E-state index contributed by atoms with van der Waals surface area (Å²) in [5.74, 6) is 1.11. The van der Waals surface area contributed by atoms with E-state index in [4.69, 9.17) is 14.0 Å². The van der Waals surface area contributed by atoms with E-state index < -0.39 is 0 Å². The Hall–Kier alpha value is -2.30. The Kier molecular flexibility index (Phi) is 5.18.